The topological polar surface area (TPSA) is 88.5 Å². The van der Waals surface area contributed by atoms with Crippen LogP contribution in [-0.2, 0) is 22.4 Å². The summed E-state index contributed by atoms with van der Waals surface area (Å²) in [4.78, 5) is 28.3. The van der Waals surface area contributed by atoms with Gasteiger partial charge in [-0.2, -0.15) is 0 Å². The Morgan fingerprint density at radius 1 is 1.17 bits per heavy atom. The predicted molar refractivity (Wildman–Crippen MR) is 112 cm³/mol. The standard InChI is InChI=1S/C22H21FN2O4S/c1-2-29-18-9-5-15(6-10-18)21-24-17(13-30-21)12-20(26)25-19(22(27)28)11-14-3-7-16(23)8-4-14/h3-10,13,19H,2,11-12H2,1H3,(H,25,26)(H,27,28). The van der Waals surface area contributed by atoms with Gasteiger partial charge in [0.05, 0.1) is 18.7 Å². The molecule has 0 spiro atoms. The summed E-state index contributed by atoms with van der Waals surface area (Å²) in [5.41, 5.74) is 2.10. The number of carboxylic acids is 1. The SMILES string of the molecule is CCOc1ccc(-c2nc(CC(=O)NC(Cc3ccc(F)cc3)C(=O)O)cs2)cc1. The van der Waals surface area contributed by atoms with Crippen LogP contribution >= 0.6 is 11.3 Å². The Bertz CT molecular complexity index is 1000. The number of halogens is 1. The molecule has 3 aromatic rings. The van der Waals surface area contributed by atoms with E-state index in [1.807, 2.05) is 31.2 Å². The molecule has 8 heteroatoms. The molecule has 2 aromatic carbocycles. The number of amides is 1. The second-order valence-electron chi connectivity index (χ2n) is 6.57. The van der Waals surface area contributed by atoms with Crippen molar-refractivity contribution < 1.29 is 23.8 Å². The molecule has 0 saturated heterocycles. The van der Waals surface area contributed by atoms with Gasteiger partial charge in [-0.1, -0.05) is 12.1 Å². The van der Waals surface area contributed by atoms with Crippen molar-refractivity contribution in [2.45, 2.75) is 25.8 Å². The molecule has 6 nitrogen and oxygen atoms in total. The third-order valence-electron chi connectivity index (χ3n) is 4.29. The van der Waals surface area contributed by atoms with Crippen LogP contribution in [0.2, 0.25) is 0 Å². The fraction of sp³-hybridized carbons (Fsp3) is 0.227. The number of carboxylic acid groups (broad SMARTS) is 1. The smallest absolute Gasteiger partial charge is 0.326 e. The molecule has 1 atom stereocenters. The number of carbonyl (C=O) groups excluding carboxylic acids is 1. The highest BCUT2D eigenvalue weighted by atomic mass is 32.1. The Balaban J connectivity index is 1.60. The van der Waals surface area contributed by atoms with Crippen LogP contribution in [0.4, 0.5) is 4.39 Å². The largest absolute Gasteiger partial charge is 0.494 e. The number of nitrogens with one attached hydrogen (secondary N) is 1. The van der Waals surface area contributed by atoms with E-state index in [4.69, 9.17) is 4.74 Å². The molecule has 0 saturated carbocycles. The van der Waals surface area contributed by atoms with Crippen LogP contribution in [0.25, 0.3) is 10.6 Å². The van der Waals surface area contributed by atoms with Crippen molar-refractivity contribution in [2.24, 2.45) is 0 Å². The Morgan fingerprint density at radius 2 is 1.87 bits per heavy atom. The minimum absolute atomic E-state index is 0.0271. The van der Waals surface area contributed by atoms with Crippen molar-refractivity contribution in [1.82, 2.24) is 10.3 Å². The van der Waals surface area contributed by atoms with Crippen molar-refractivity contribution >= 4 is 23.2 Å². The minimum Gasteiger partial charge on any atom is -0.494 e. The summed E-state index contributed by atoms with van der Waals surface area (Å²) in [6.07, 6.45) is 0.0383. The lowest BCUT2D eigenvalue weighted by Crippen LogP contribution is -2.43. The second kappa shape index (κ2) is 9.98. The van der Waals surface area contributed by atoms with E-state index in [-0.39, 0.29) is 12.8 Å². The summed E-state index contributed by atoms with van der Waals surface area (Å²) in [5, 5.41) is 14.5. The van der Waals surface area contributed by atoms with Crippen molar-refractivity contribution in [3.05, 3.63) is 71.0 Å². The molecule has 1 heterocycles. The number of nitrogens with zero attached hydrogens (tertiary/aromatic N) is 1. The zero-order valence-corrected chi connectivity index (χ0v) is 17.1. The van der Waals surface area contributed by atoms with Gasteiger partial charge in [0.1, 0.15) is 22.6 Å². The summed E-state index contributed by atoms with van der Waals surface area (Å²) in [7, 11) is 0. The molecule has 2 N–H and O–H groups in total. The first-order valence-corrected chi connectivity index (χ1v) is 10.3. The molecule has 30 heavy (non-hydrogen) atoms. The van der Waals surface area contributed by atoms with Crippen LogP contribution in [0.15, 0.2) is 53.9 Å². The highest BCUT2D eigenvalue weighted by molar-refractivity contribution is 7.13. The van der Waals surface area contributed by atoms with E-state index in [1.165, 1.54) is 35.6 Å². The lowest BCUT2D eigenvalue weighted by Gasteiger charge is -2.14. The van der Waals surface area contributed by atoms with Gasteiger partial charge in [-0.3, -0.25) is 4.79 Å². The number of ether oxygens (including phenoxy) is 1. The number of thiazole rings is 1. The van der Waals surface area contributed by atoms with Crippen molar-refractivity contribution in [2.75, 3.05) is 6.61 Å². The van der Waals surface area contributed by atoms with Crippen LogP contribution in [0, 0.1) is 5.82 Å². The highest BCUT2D eigenvalue weighted by Gasteiger charge is 2.21. The van der Waals surface area contributed by atoms with Gasteiger partial charge < -0.3 is 15.2 Å². The lowest BCUT2D eigenvalue weighted by atomic mass is 10.1. The summed E-state index contributed by atoms with van der Waals surface area (Å²) in [6, 6.07) is 11.9. The fourth-order valence-electron chi connectivity index (χ4n) is 2.85. The van der Waals surface area contributed by atoms with Crippen LogP contribution in [0.3, 0.4) is 0 Å². The van der Waals surface area contributed by atoms with Gasteiger partial charge in [-0.15, -0.1) is 11.3 Å². The van der Waals surface area contributed by atoms with Gasteiger partial charge in [-0.25, -0.2) is 14.2 Å². The Morgan fingerprint density at radius 3 is 2.50 bits per heavy atom. The van der Waals surface area contributed by atoms with E-state index in [9.17, 15) is 19.1 Å². The van der Waals surface area contributed by atoms with Gasteiger partial charge >= 0.3 is 5.97 Å². The van der Waals surface area contributed by atoms with Crippen molar-refractivity contribution in [3.8, 4) is 16.3 Å². The molecule has 1 amide bonds. The molecule has 156 valence electrons. The summed E-state index contributed by atoms with van der Waals surface area (Å²) >= 11 is 1.41. The number of aromatic nitrogens is 1. The van der Waals surface area contributed by atoms with Crippen molar-refractivity contribution in [3.63, 3.8) is 0 Å². The number of carbonyl (C=O) groups is 2. The van der Waals surface area contributed by atoms with Crippen LogP contribution in [0.5, 0.6) is 5.75 Å². The maximum atomic E-state index is 13.0. The molecule has 0 aliphatic rings. The zero-order valence-electron chi connectivity index (χ0n) is 16.3. The van der Waals surface area contributed by atoms with Gasteiger partial charge in [-0.05, 0) is 48.9 Å². The average Bonchev–Trinajstić information content (AvgIpc) is 3.18. The molecule has 0 bridgehead atoms. The summed E-state index contributed by atoms with van der Waals surface area (Å²) < 4.78 is 18.4. The molecular weight excluding hydrogens is 407 g/mol. The maximum Gasteiger partial charge on any atom is 0.326 e. The normalized spacial score (nSPS) is 11.7. The zero-order chi connectivity index (χ0) is 21.5. The number of rotatable bonds is 9. The number of benzene rings is 2. The van der Waals surface area contributed by atoms with E-state index in [0.29, 0.717) is 17.9 Å². The first-order chi connectivity index (χ1) is 14.4. The van der Waals surface area contributed by atoms with Gasteiger partial charge in [0.2, 0.25) is 5.91 Å². The Hall–Kier alpha value is -3.26. The molecule has 1 unspecified atom stereocenters. The summed E-state index contributed by atoms with van der Waals surface area (Å²) in [6.45, 7) is 2.51. The molecule has 0 aliphatic carbocycles. The minimum atomic E-state index is -1.15. The molecule has 1 aromatic heterocycles. The molecule has 3 rings (SSSR count). The fourth-order valence-corrected chi connectivity index (χ4v) is 3.67. The van der Waals surface area contributed by atoms with Gasteiger partial charge in [0.25, 0.3) is 0 Å². The average molecular weight is 428 g/mol. The van der Waals surface area contributed by atoms with Crippen LogP contribution in [0.1, 0.15) is 18.2 Å². The monoisotopic (exact) mass is 428 g/mol. The van der Waals surface area contributed by atoms with E-state index < -0.39 is 23.7 Å². The molecular formula is C22H21FN2O4S. The molecule has 0 fully saturated rings. The number of hydrogen-bond donors (Lipinski definition) is 2. The van der Waals surface area contributed by atoms with E-state index in [0.717, 1.165) is 16.3 Å². The van der Waals surface area contributed by atoms with E-state index in [1.54, 1.807) is 5.38 Å². The van der Waals surface area contributed by atoms with Crippen molar-refractivity contribution in [1.29, 1.82) is 0 Å². The molecule has 0 aliphatic heterocycles. The van der Waals surface area contributed by atoms with Crippen LogP contribution in [-0.4, -0.2) is 34.6 Å². The van der Waals surface area contributed by atoms with E-state index in [2.05, 4.69) is 10.3 Å². The number of aliphatic carboxylic acids is 1. The van der Waals surface area contributed by atoms with E-state index >= 15 is 0 Å². The third-order valence-corrected chi connectivity index (χ3v) is 5.23. The van der Waals surface area contributed by atoms with Gasteiger partial charge in [0.15, 0.2) is 0 Å². The third kappa shape index (κ3) is 5.87. The highest BCUT2D eigenvalue weighted by Crippen LogP contribution is 2.26. The lowest BCUT2D eigenvalue weighted by molar-refractivity contribution is -0.141. The predicted octanol–water partition coefficient (Wildman–Crippen LogP) is 3.70. The van der Waals surface area contributed by atoms with Crippen LogP contribution < -0.4 is 10.1 Å². The Kier molecular flexibility index (Phi) is 7.13. The second-order valence-corrected chi connectivity index (χ2v) is 7.43. The number of hydrogen-bond acceptors (Lipinski definition) is 5. The summed E-state index contributed by atoms with van der Waals surface area (Å²) in [5.74, 6) is -1.21. The van der Waals surface area contributed by atoms with Gasteiger partial charge in [0, 0.05) is 17.4 Å². The quantitative estimate of drug-likeness (QED) is 0.543. The Labute approximate surface area is 177 Å². The first-order valence-electron chi connectivity index (χ1n) is 9.39. The first kappa shape index (κ1) is 21.4. The molecule has 0 radical (unpaired) electrons. The maximum absolute atomic E-state index is 13.0.